The SMILES string of the molecule is COC(=O)[C@@H]1Cc2ccc(c([N+](=O)[O-])c2)Oc2cc(cc(O)c2OC)[C@@H](NC(=O)[C@@H](NC(=O)[C@@H](Cc2ccc(F)c([N+](=O)[O-])c2)NC(=O)OC(C)(C)C)c2cccc(OC(C)C)c2)C(=O)N[C@H](c2ccc(OC)cc2)C(=O)N1. The van der Waals surface area contributed by atoms with E-state index in [2.05, 4.69) is 26.6 Å². The smallest absolute Gasteiger partial charge is 0.408 e. The standard InChI is InChI=1S/C53H56FN7O17/c1-27(2)76-34-11-9-10-31(24-34)44(57-47(63)36(56-52(68)78-53(3,4)5)20-28-12-18-35(54)38(22-28)60(69)70)49(65)59-45-32-25-40(62)46(74-7)42(26-32)77-41-19-13-29(23-39(41)61(71)72)21-37(51(67)75-8)55-48(64)43(58-50(45)66)30-14-16-33(73-6)17-15-30/h9-19,22-27,36-37,43-45,62H,20-21H2,1-8H3,(H,55,64)(H,56,68)(H,57,63)(H,58,66)(H,59,65)/t36-,37+,43-,44+,45-/m1/s1. The highest BCUT2D eigenvalue weighted by Crippen LogP contribution is 2.44. The molecule has 0 saturated heterocycles. The van der Waals surface area contributed by atoms with E-state index in [-0.39, 0.29) is 45.7 Å². The van der Waals surface area contributed by atoms with Crippen LogP contribution in [0.1, 0.15) is 80.6 Å². The number of alkyl carbamates (subject to hydrolysis) is 1. The number of esters is 1. The van der Waals surface area contributed by atoms with Crippen molar-refractivity contribution in [2.75, 3.05) is 21.3 Å². The molecule has 0 fully saturated rings. The van der Waals surface area contributed by atoms with Crippen LogP contribution in [-0.2, 0) is 46.3 Å². The Morgan fingerprint density at radius 3 is 2.13 bits per heavy atom. The van der Waals surface area contributed by atoms with Crippen LogP contribution < -0.4 is 45.5 Å². The summed E-state index contributed by atoms with van der Waals surface area (Å²) in [6, 6.07) is 11.5. The molecule has 5 aromatic carbocycles. The van der Waals surface area contributed by atoms with Crippen LogP contribution in [0.25, 0.3) is 0 Å². The van der Waals surface area contributed by atoms with Gasteiger partial charge in [-0.3, -0.25) is 39.4 Å². The van der Waals surface area contributed by atoms with Crippen LogP contribution >= 0.6 is 0 Å². The highest BCUT2D eigenvalue weighted by molar-refractivity contribution is 5.97. The number of nitrogens with zero attached hydrogens (tertiary/aromatic N) is 2. The lowest BCUT2D eigenvalue weighted by Gasteiger charge is -2.28. The van der Waals surface area contributed by atoms with E-state index < -0.39 is 128 Å². The predicted octanol–water partition coefficient (Wildman–Crippen LogP) is 6.17. The van der Waals surface area contributed by atoms with Gasteiger partial charge >= 0.3 is 23.4 Å². The number of phenolic OH excluding ortho intramolecular Hbond substituents is 1. The average Bonchev–Trinajstić information content (AvgIpc) is 3.39. The van der Waals surface area contributed by atoms with Crippen LogP contribution in [0.4, 0.5) is 20.6 Å². The number of hydrogen-bond donors (Lipinski definition) is 6. The first-order valence-electron chi connectivity index (χ1n) is 23.9. The number of methoxy groups -OCH3 is 3. The van der Waals surface area contributed by atoms with E-state index in [9.17, 15) is 48.9 Å². The minimum Gasteiger partial charge on any atom is -0.504 e. The quantitative estimate of drug-likeness (QED) is 0.0366. The number of halogens is 1. The zero-order valence-electron chi connectivity index (χ0n) is 43.4. The van der Waals surface area contributed by atoms with Crippen molar-refractivity contribution in [3.05, 3.63) is 151 Å². The van der Waals surface area contributed by atoms with Crippen LogP contribution in [0.15, 0.2) is 97.1 Å². The number of amides is 5. The van der Waals surface area contributed by atoms with E-state index >= 15 is 9.59 Å². The minimum atomic E-state index is -2.02. The van der Waals surface area contributed by atoms with Gasteiger partial charge in [0.1, 0.15) is 47.3 Å². The summed E-state index contributed by atoms with van der Waals surface area (Å²) in [4.78, 5) is 109. The molecule has 25 heteroatoms. The third-order valence-electron chi connectivity index (χ3n) is 11.6. The molecule has 0 spiro atoms. The summed E-state index contributed by atoms with van der Waals surface area (Å²) in [7, 11) is 3.60. The number of rotatable bonds is 16. The maximum absolute atomic E-state index is 15.3. The van der Waals surface area contributed by atoms with Gasteiger partial charge in [-0.25, -0.2) is 9.59 Å². The zero-order chi connectivity index (χ0) is 57.2. The summed E-state index contributed by atoms with van der Waals surface area (Å²) in [5.41, 5.74) is -2.67. The molecule has 5 amide bonds. The Bertz CT molecular complexity index is 3110. The number of nitro benzene ring substituents is 2. The minimum absolute atomic E-state index is 0.00216. The van der Waals surface area contributed by atoms with E-state index in [1.165, 1.54) is 61.7 Å². The third kappa shape index (κ3) is 14.6. The molecule has 2 aliphatic heterocycles. The summed E-state index contributed by atoms with van der Waals surface area (Å²) in [6.45, 7) is 8.09. The molecule has 4 bridgehead atoms. The summed E-state index contributed by atoms with van der Waals surface area (Å²) < 4.78 is 47.6. The second-order valence-electron chi connectivity index (χ2n) is 18.8. The van der Waals surface area contributed by atoms with E-state index in [0.717, 1.165) is 50.6 Å². The highest BCUT2D eigenvalue weighted by Gasteiger charge is 2.37. The number of nitrogens with one attached hydrogen (secondary N) is 5. The first-order chi connectivity index (χ1) is 36.9. The lowest BCUT2D eigenvalue weighted by Crippen LogP contribution is -2.53. The zero-order valence-corrected chi connectivity index (χ0v) is 43.4. The maximum Gasteiger partial charge on any atom is 0.408 e. The topological polar surface area (TPSA) is 324 Å². The van der Waals surface area contributed by atoms with Gasteiger partial charge in [-0.15, -0.1) is 0 Å². The Labute approximate surface area is 445 Å². The lowest BCUT2D eigenvalue weighted by molar-refractivity contribution is -0.387. The van der Waals surface area contributed by atoms with Crippen LogP contribution in [-0.4, -0.2) is 95.8 Å². The van der Waals surface area contributed by atoms with Gasteiger partial charge in [0.2, 0.25) is 40.9 Å². The molecule has 6 N–H and O–H groups in total. The van der Waals surface area contributed by atoms with E-state index in [4.69, 9.17) is 28.4 Å². The van der Waals surface area contributed by atoms with Crippen LogP contribution in [0.3, 0.4) is 0 Å². The van der Waals surface area contributed by atoms with Gasteiger partial charge in [-0.1, -0.05) is 36.4 Å². The van der Waals surface area contributed by atoms with Crippen LogP contribution in [0.5, 0.6) is 34.5 Å². The summed E-state index contributed by atoms with van der Waals surface area (Å²) in [5, 5.41) is 48.5. The molecule has 2 heterocycles. The van der Waals surface area contributed by atoms with Gasteiger partial charge in [0.25, 0.3) is 0 Å². The van der Waals surface area contributed by atoms with Gasteiger partial charge < -0.3 is 60.1 Å². The molecular formula is C53H56FN7O17. The second kappa shape index (κ2) is 24.9. The van der Waals surface area contributed by atoms with Crippen molar-refractivity contribution in [1.82, 2.24) is 26.6 Å². The molecule has 0 unspecified atom stereocenters. The van der Waals surface area contributed by atoms with Crippen molar-refractivity contribution in [1.29, 1.82) is 0 Å². The van der Waals surface area contributed by atoms with E-state index in [1.807, 2.05) is 0 Å². The summed E-state index contributed by atoms with van der Waals surface area (Å²) >= 11 is 0. The Hall–Kier alpha value is -9.55. The number of carbonyl (C=O) groups excluding carboxylic acids is 6. The Morgan fingerprint density at radius 2 is 1.50 bits per heavy atom. The fraction of sp³-hybridized carbons (Fsp3) is 0.321. The molecule has 0 radical (unpaired) electrons. The van der Waals surface area contributed by atoms with Gasteiger partial charge in [0.15, 0.2) is 11.5 Å². The van der Waals surface area contributed by atoms with Gasteiger partial charge in [0, 0.05) is 25.0 Å². The Kier molecular flexibility index (Phi) is 18.4. The molecule has 0 saturated carbocycles. The largest absolute Gasteiger partial charge is 0.504 e. The number of benzene rings is 5. The number of nitro groups is 2. The first kappa shape index (κ1) is 57.7. The molecule has 2 aliphatic rings. The molecular weight excluding hydrogens is 1030 g/mol. The third-order valence-corrected chi connectivity index (χ3v) is 11.6. The molecule has 24 nitrogen and oxygen atoms in total. The van der Waals surface area contributed by atoms with E-state index in [0.29, 0.717) is 5.75 Å². The Morgan fingerprint density at radius 1 is 0.795 bits per heavy atom. The molecule has 78 heavy (non-hydrogen) atoms. The lowest BCUT2D eigenvalue weighted by atomic mass is 9.99. The van der Waals surface area contributed by atoms with Crippen LogP contribution in [0, 0.1) is 26.0 Å². The fourth-order valence-corrected chi connectivity index (χ4v) is 8.07. The van der Waals surface area contributed by atoms with E-state index in [1.54, 1.807) is 40.7 Å². The molecule has 0 aliphatic carbocycles. The summed E-state index contributed by atoms with van der Waals surface area (Å²) in [6.07, 6.45) is -2.41. The molecule has 5 atom stereocenters. The summed E-state index contributed by atoms with van der Waals surface area (Å²) in [5.74, 6) is -7.95. The number of carbonyl (C=O) groups is 6. The number of ether oxygens (including phenoxy) is 6. The predicted molar refractivity (Wildman–Crippen MR) is 273 cm³/mol. The van der Waals surface area contributed by atoms with Crippen molar-refractivity contribution in [2.45, 2.75) is 89.4 Å². The van der Waals surface area contributed by atoms with Crippen molar-refractivity contribution in [2.24, 2.45) is 0 Å². The van der Waals surface area contributed by atoms with Crippen molar-refractivity contribution < 1.29 is 76.5 Å². The maximum atomic E-state index is 15.3. The van der Waals surface area contributed by atoms with Crippen molar-refractivity contribution in [3.63, 3.8) is 0 Å². The van der Waals surface area contributed by atoms with Crippen LogP contribution in [0.2, 0.25) is 0 Å². The monoisotopic (exact) mass is 1080 g/mol. The molecule has 7 rings (SSSR count). The molecule has 5 aromatic rings. The normalized spacial score (nSPS) is 16.2. The number of hydrogen-bond acceptors (Lipinski definition) is 17. The van der Waals surface area contributed by atoms with Crippen molar-refractivity contribution >= 4 is 47.1 Å². The van der Waals surface area contributed by atoms with Gasteiger partial charge in [-0.05, 0) is 111 Å². The van der Waals surface area contributed by atoms with Gasteiger partial charge in [-0.2, -0.15) is 4.39 Å². The number of fused-ring (bicyclic) bond motifs is 9. The van der Waals surface area contributed by atoms with Gasteiger partial charge in [0.05, 0.1) is 37.3 Å². The average molecular weight is 1080 g/mol. The first-order valence-corrected chi connectivity index (χ1v) is 23.9. The fourth-order valence-electron chi connectivity index (χ4n) is 8.07. The highest BCUT2D eigenvalue weighted by atomic mass is 19.1. The van der Waals surface area contributed by atoms with Crippen molar-refractivity contribution in [3.8, 4) is 34.5 Å². The second-order valence-corrected chi connectivity index (χ2v) is 18.8. The number of phenols is 1. The Balaban J connectivity index is 1.53. The number of aromatic hydroxyl groups is 1. The molecule has 0 aromatic heterocycles. The molecule has 412 valence electrons.